The molecule has 2 N–H and O–H groups in total. The summed E-state index contributed by atoms with van der Waals surface area (Å²) in [4.78, 5) is 0. The average Bonchev–Trinajstić information content (AvgIpc) is 3.26. The normalized spacial score (nSPS) is 24.7. The van der Waals surface area contributed by atoms with Gasteiger partial charge in [0.1, 0.15) is 0 Å². The maximum Gasteiger partial charge on any atom is 0.0143 e. The summed E-state index contributed by atoms with van der Waals surface area (Å²) < 4.78 is 0. The van der Waals surface area contributed by atoms with Crippen LogP contribution in [0, 0.1) is 0 Å². The molecule has 0 aromatic heterocycles. The van der Waals surface area contributed by atoms with E-state index in [4.69, 9.17) is 0 Å². The molecule has 2 heteroatoms. The summed E-state index contributed by atoms with van der Waals surface area (Å²) in [5.74, 6) is 0.757. The molecule has 2 fully saturated rings. The van der Waals surface area contributed by atoms with E-state index in [2.05, 4.69) is 41.0 Å². The Balaban J connectivity index is 0.00000132. The molecule has 2 nitrogen and oxygen atoms in total. The Kier molecular flexibility index (Phi) is 9.50. The molecule has 1 aromatic rings. The lowest BCUT2D eigenvalue weighted by Gasteiger charge is -2.21. The lowest BCUT2D eigenvalue weighted by atomic mass is 9.97. The van der Waals surface area contributed by atoms with Crippen LogP contribution in [0.5, 0.6) is 0 Å². The van der Waals surface area contributed by atoms with Gasteiger partial charge in [-0.25, -0.2) is 0 Å². The van der Waals surface area contributed by atoms with Gasteiger partial charge in [-0.2, -0.15) is 0 Å². The molecule has 0 radical (unpaired) electrons. The van der Waals surface area contributed by atoms with Gasteiger partial charge in [-0.15, -0.1) is 0 Å². The number of rotatable bonds is 6. The number of nitrogens with one attached hydrogen (secondary N) is 2. The molecule has 1 aromatic carbocycles. The maximum absolute atomic E-state index is 3.76. The molecule has 3 rings (SSSR count). The highest BCUT2D eigenvalue weighted by molar-refractivity contribution is 5.27. The standard InChI is InChI=1S/C19H30N2.2CH4/c1-2-7-11-17(12-8-3-1)20-13-14-21-19-15-18(19)16-9-5-4-6-10-16;;/h4-6,9-10,17-21H,1-3,7-8,11-15H2;2*1H4. The van der Waals surface area contributed by atoms with Crippen LogP contribution in [0.1, 0.15) is 77.7 Å². The van der Waals surface area contributed by atoms with Crippen LogP contribution in [-0.4, -0.2) is 25.2 Å². The van der Waals surface area contributed by atoms with Gasteiger partial charge in [0.2, 0.25) is 0 Å². The Morgan fingerprint density at radius 1 is 0.783 bits per heavy atom. The molecule has 0 spiro atoms. The van der Waals surface area contributed by atoms with Crippen LogP contribution < -0.4 is 10.6 Å². The van der Waals surface area contributed by atoms with Gasteiger partial charge < -0.3 is 10.6 Å². The van der Waals surface area contributed by atoms with Crippen molar-refractivity contribution >= 4 is 0 Å². The predicted octanol–water partition coefficient (Wildman–Crippen LogP) is 5.11. The number of hydrogen-bond donors (Lipinski definition) is 2. The van der Waals surface area contributed by atoms with E-state index in [1.54, 1.807) is 0 Å². The van der Waals surface area contributed by atoms with Crippen molar-refractivity contribution in [3.05, 3.63) is 35.9 Å². The highest BCUT2D eigenvalue weighted by atomic mass is 15.0. The molecule has 2 unspecified atom stereocenters. The number of benzene rings is 1. The van der Waals surface area contributed by atoms with Crippen LogP contribution in [0.15, 0.2) is 30.3 Å². The van der Waals surface area contributed by atoms with Crippen molar-refractivity contribution in [2.24, 2.45) is 0 Å². The zero-order chi connectivity index (χ0) is 14.3. The summed E-state index contributed by atoms with van der Waals surface area (Å²) in [5.41, 5.74) is 1.50. The molecule has 23 heavy (non-hydrogen) atoms. The van der Waals surface area contributed by atoms with E-state index in [1.165, 1.54) is 56.9 Å². The summed E-state index contributed by atoms with van der Waals surface area (Å²) in [5, 5.41) is 7.47. The van der Waals surface area contributed by atoms with Gasteiger partial charge in [-0.1, -0.05) is 77.3 Å². The molecule has 2 atom stereocenters. The largest absolute Gasteiger partial charge is 0.313 e. The second-order valence-corrected chi connectivity index (χ2v) is 6.81. The highest BCUT2D eigenvalue weighted by Gasteiger charge is 2.37. The van der Waals surface area contributed by atoms with Crippen molar-refractivity contribution < 1.29 is 0 Å². The minimum Gasteiger partial charge on any atom is -0.313 e. The third-order valence-electron chi connectivity index (χ3n) is 5.09. The zero-order valence-corrected chi connectivity index (χ0v) is 13.2. The Morgan fingerprint density at radius 2 is 1.39 bits per heavy atom. The molecule has 2 aliphatic carbocycles. The molecule has 132 valence electrons. The molecule has 0 saturated heterocycles. The van der Waals surface area contributed by atoms with Crippen LogP contribution in [0.3, 0.4) is 0 Å². The van der Waals surface area contributed by atoms with Gasteiger partial charge in [0.05, 0.1) is 0 Å². The topological polar surface area (TPSA) is 24.1 Å². The molecular formula is C21H38N2. The SMILES string of the molecule is C.C.c1ccc(C2CC2NCCNC2CCCCCCC2)cc1. The Hall–Kier alpha value is -0.860. The summed E-state index contributed by atoms with van der Waals surface area (Å²) in [6.45, 7) is 2.24. The van der Waals surface area contributed by atoms with Crippen molar-refractivity contribution in [1.29, 1.82) is 0 Å². The molecule has 0 bridgehead atoms. The van der Waals surface area contributed by atoms with Crippen molar-refractivity contribution in [1.82, 2.24) is 10.6 Å². The predicted molar refractivity (Wildman–Crippen MR) is 103 cm³/mol. The fourth-order valence-electron chi connectivity index (χ4n) is 3.68. The van der Waals surface area contributed by atoms with Crippen LogP contribution >= 0.6 is 0 Å². The van der Waals surface area contributed by atoms with Gasteiger partial charge in [0.25, 0.3) is 0 Å². The Labute approximate surface area is 144 Å². The first-order chi connectivity index (χ1) is 10.4. The first-order valence-electron chi connectivity index (χ1n) is 8.95. The minimum absolute atomic E-state index is 0. The second kappa shape index (κ2) is 10.8. The molecule has 0 aliphatic heterocycles. The molecule has 0 heterocycles. The maximum atomic E-state index is 3.76. The Morgan fingerprint density at radius 3 is 2.09 bits per heavy atom. The van der Waals surface area contributed by atoms with Crippen molar-refractivity contribution in [3.63, 3.8) is 0 Å². The van der Waals surface area contributed by atoms with E-state index in [-0.39, 0.29) is 14.9 Å². The van der Waals surface area contributed by atoms with Gasteiger partial charge >= 0.3 is 0 Å². The fourth-order valence-corrected chi connectivity index (χ4v) is 3.68. The summed E-state index contributed by atoms with van der Waals surface area (Å²) in [6, 6.07) is 12.4. The fraction of sp³-hybridized carbons (Fsp3) is 0.714. The van der Waals surface area contributed by atoms with Crippen molar-refractivity contribution in [2.75, 3.05) is 13.1 Å². The summed E-state index contributed by atoms with van der Waals surface area (Å²) in [7, 11) is 0. The van der Waals surface area contributed by atoms with Gasteiger partial charge in [0, 0.05) is 31.1 Å². The Bertz CT molecular complexity index is 396. The van der Waals surface area contributed by atoms with Gasteiger partial charge in [-0.05, 0) is 24.8 Å². The van der Waals surface area contributed by atoms with Crippen LogP contribution in [0.2, 0.25) is 0 Å². The molecule has 2 saturated carbocycles. The monoisotopic (exact) mass is 318 g/mol. The molecule has 2 aliphatic rings. The average molecular weight is 319 g/mol. The van der Waals surface area contributed by atoms with E-state index < -0.39 is 0 Å². The van der Waals surface area contributed by atoms with Crippen LogP contribution in [0.25, 0.3) is 0 Å². The smallest absolute Gasteiger partial charge is 0.0143 e. The first-order valence-corrected chi connectivity index (χ1v) is 8.95. The first kappa shape index (κ1) is 20.2. The van der Waals surface area contributed by atoms with Gasteiger partial charge in [0.15, 0.2) is 0 Å². The van der Waals surface area contributed by atoms with Gasteiger partial charge in [-0.3, -0.25) is 0 Å². The van der Waals surface area contributed by atoms with E-state index in [0.717, 1.165) is 25.0 Å². The van der Waals surface area contributed by atoms with Crippen LogP contribution in [-0.2, 0) is 0 Å². The second-order valence-electron chi connectivity index (χ2n) is 6.81. The van der Waals surface area contributed by atoms with E-state index in [1.807, 2.05) is 0 Å². The van der Waals surface area contributed by atoms with Crippen LogP contribution in [0.4, 0.5) is 0 Å². The summed E-state index contributed by atoms with van der Waals surface area (Å²) in [6.07, 6.45) is 11.3. The third kappa shape index (κ3) is 6.64. The highest BCUT2D eigenvalue weighted by Crippen LogP contribution is 2.40. The lowest BCUT2D eigenvalue weighted by molar-refractivity contribution is 0.388. The van der Waals surface area contributed by atoms with E-state index >= 15 is 0 Å². The van der Waals surface area contributed by atoms with Crippen molar-refractivity contribution in [2.45, 2.75) is 84.2 Å². The zero-order valence-electron chi connectivity index (χ0n) is 13.2. The quantitative estimate of drug-likeness (QED) is 0.712. The van der Waals surface area contributed by atoms with E-state index in [9.17, 15) is 0 Å². The lowest BCUT2D eigenvalue weighted by Crippen LogP contribution is -2.36. The third-order valence-corrected chi connectivity index (χ3v) is 5.09. The van der Waals surface area contributed by atoms with E-state index in [0.29, 0.717) is 6.04 Å². The molecular weight excluding hydrogens is 280 g/mol. The molecule has 0 amide bonds. The van der Waals surface area contributed by atoms with Crippen molar-refractivity contribution in [3.8, 4) is 0 Å². The minimum atomic E-state index is 0. The summed E-state index contributed by atoms with van der Waals surface area (Å²) >= 11 is 0. The number of hydrogen-bond acceptors (Lipinski definition) is 2.